The maximum atomic E-state index is 12.2. The first-order valence-electron chi connectivity index (χ1n) is 9.36. The van der Waals surface area contributed by atoms with Gasteiger partial charge in [-0.25, -0.2) is 4.79 Å². The molecule has 1 saturated carbocycles. The van der Waals surface area contributed by atoms with E-state index >= 15 is 0 Å². The number of carbonyl (C=O) groups excluding carboxylic acids is 1. The summed E-state index contributed by atoms with van der Waals surface area (Å²) in [7, 11) is 0. The number of hydrogen-bond donors (Lipinski definition) is 4. The third-order valence-corrected chi connectivity index (χ3v) is 5.27. The number of fused-ring (bicyclic) bond motifs is 1. The van der Waals surface area contributed by atoms with Gasteiger partial charge in [0.1, 0.15) is 0 Å². The van der Waals surface area contributed by atoms with Gasteiger partial charge in [0.05, 0.1) is 11.0 Å². The van der Waals surface area contributed by atoms with Crippen molar-refractivity contribution in [1.29, 1.82) is 0 Å². The van der Waals surface area contributed by atoms with Crippen molar-refractivity contribution in [3.8, 4) is 0 Å². The van der Waals surface area contributed by atoms with Crippen molar-refractivity contribution in [3.63, 3.8) is 0 Å². The fourth-order valence-corrected chi connectivity index (χ4v) is 3.87. The lowest BCUT2D eigenvalue weighted by molar-refractivity contribution is -0.122. The molecule has 0 spiro atoms. The molecule has 6 nitrogen and oxygen atoms in total. The number of rotatable bonds is 7. The van der Waals surface area contributed by atoms with Gasteiger partial charge in [0, 0.05) is 19.0 Å². The first-order valence-corrected chi connectivity index (χ1v) is 9.36. The van der Waals surface area contributed by atoms with Crippen molar-refractivity contribution in [1.82, 2.24) is 15.3 Å². The Balaban J connectivity index is 1.46. The van der Waals surface area contributed by atoms with Gasteiger partial charge in [-0.05, 0) is 49.3 Å². The third kappa shape index (κ3) is 4.72. The third-order valence-electron chi connectivity index (χ3n) is 5.27. The van der Waals surface area contributed by atoms with Crippen LogP contribution in [-0.2, 0) is 11.2 Å². The zero-order valence-corrected chi connectivity index (χ0v) is 14.6. The molecule has 2 aromatic rings. The molecule has 0 saturated heterocycles. The van der Waals surface area contributed by atoms with Crippen LogP contribution in [0.15, 0.2) is 23.0 Å². The van der Waals surface area contributed by atoms with Crippen molar-refractivity contribution in [2.45, 2.75) is 57.4 Å². The second-order valence-electron chi connectivity index (χ2n) is 7.12. The first kappa shape index (κ1) is 17.7. The molecule has 1 heterocycles. The van der Waals surface area contributed by atoms with E-state index in [1.165, 1.54) is 32.1 Å². The molecule has 1 amide bonds. The summed E-state index contributed by atoms with van der Waals surface area (Å²) < 4.78 is 0. The van der Waals surface area contributed by atoms with Gasteiger partial charge in [-0.1, -0.05) is 25.3 Å². The maximum absolute atomic E-state index is 12.2. The van der Waals surface area contributed by atoms with Crippen LogP contribution in [-0.4, -0.2) is 28.5 Å². The van der Waals surface area contributed by atoms with Gasteiger partial charge in [0.2, 0.25) is 5.91 Å². The van der Waals surface area contributed by atoms with Crippen LogP contribution in [0.25, 0.3) is 11.0 Å². The number of hydrogen-bond acceptors (Lipinski definition) is 3. The van der Waals surface area contributed by atoms with E-state index in [9.17, 15) is 9.59 Å². The molecular formula is C19H28N4O2. The molecule has 1 aliphatic carbocycles. The van der Waals surface area contributed by atoms with Crippen molar-refractivity contribution in [2.24, 2.45) is 11.7 Å². The van der Waals surface area contributed by atoms with E-state index in [4.69, 9.17) is 5.73 Å². The molecule has 1 fully saturated rings. The van der Waals surface area contributed by atoms with Crippen molar-refractivity contribution >= 4 is 16.9 Å². The van der Waals surface area contributed by atoms with E-state index in [1.807, 2.05) is 18.2 Å². The Labute approximate surface area is 147 Å². The molecule has 1 unspecified atom stereocenters. The lowest BCUT2D eigenvalue weighted by atomic mass is 9.84. The van der Waals surface area contributed by atoms with Crippen LogP contribution in [0.5, 0.6) is 0 Å². The van der Waals surface area contributed by atoms with Gasteiger partial charge in [-0.2, -0.15) is 0 Å². The number of aromatic nitrogens is 2. The average Bonchev–Trinajstić information content (AvgIpc) is 2.99. The minimum Gasteiger partial charge on any atom is -0.352 e. The topological polar surface area (TPSA) is 104 Å². The first-order chi connectivity index (χ1) is 12.2. The SMILES string of the molecule is NCC(NC(=O)CCCc1ccc2[nH]c(=O)[nH]c2c1)C1CCCCC1. The standard InChI is InChI=1S/C19H28N4O2/c20-12-17(14-6-2-1-3-7-14)21-18(24)8-4-5-13-9-10-15-16(11-13)23-19(25)22-15/h9-11,14,17H,1-8,12,20H2,(H,21,24)(H2,22,23,25). The summed E-state index contributed by atoms with van der Waals surface area (Å²) in [5.74, 6) is 0.632. The monoisotopic (exact) mass is 344 g/mol. The lowest BCUT2D eigenvalue weighted by Gasteiger charge is -2.30. The predicted molar refractivity (Wildman–Crippen MR) is 99.4 cm³/mol. The predicted octanol–water partition coefficient (Wildman–Crippen LogP) is 2.20. The Bertz CT molecular complexity index is 758. The molecular weight excluding hydrogens is 316 g/mol. The summed E-state index contributed by atoms with van der Waals surface area (Å²) in [6.45, 7) is 0.522. The number of nitrogens with one attached hydrogen (secondary N) is 3. The van der Waals surface area contributed by atoms with Crippen molar-refractivity contribution in [2.75, 3.05) is 6.54 Å². The summed E-state index contributed by atoms with van der Waals surface area (Å²) in [6.07, 6.45) is 8.26. The minimum atomic E-state index is -0.193. The number of amides is 1. The molecule has 1 aliphatic rings. The van der Waals surface area contributed by atoms with Crippen LogP contribution in [0.4, 0.5) is 0 Å². The summed E-state index contributed by atoms with van der Waals surface area (Å²) in [5, 5.41) is 3.14. The van der Waals surface area contributed by atoms with Crippen molar-refractivity contribution in [3.05, 3.63) is 34.2 Å². The number of aromatic amines is 2. The molecule has 0 bridgehead atoms. The van der Waals surface area contributed by atoms with Gasteiger partial charge in [0.15, 0.2) is 0 Å². The van der Waals surface area contributed by atoms with E-state index in [0.29, 0.717) is 18.9 Å². The number of benzene rings is 1. The van der Waals surface area contributed by atoms with E-state index in [2.05, 4.69) is 15.3 Å². The molecule has 1 aromatic heterocycles. The van der Waals surface area contributed by atoms with Crippen molar-refractivity contribution < 1.29 is 4.79 Å². The highest BCUT2D eigenvalue weighted by molar-refractivity contribution is 5.76. The van der Waals surface area contributed by atoms with Crippen LogP contribution >= 0.6 is 0 Å². The molecule has 0 radical (unpaired) electrons. The Morgan fingerprint density at radius 3 is 2.72 bits per heavy atom. The quantitative estimate of drug-likeness (QED) is 0.619. The highest BCUT2D eigenvalue weighted by Crippen LogP contribution is 2.26. The number of H-pyrrole nitrogens is 2. The molecule has 5 N–H and O–H groups in total. The van der Waals surface area contributed by atoms with Gasteiger partial charge < -0.3 is 21.0 Å². The fourth-order valence-electron chi connectivity index (χ4n) is 3.87. The molecule has 25 heavy (non-hydrogen) atoms. The second-order valence-corrected chi connectivity index (χ2v) is 7.12. The highest BCUT2D eigenvalue weighted by atomic mass is 16.1. The van der Waals surface area contributed by atoms with E-state index < -0.39 is 0 Å². The summed E-state index contributed by atoms with van der Waals surface area (Å²) in [5.41, 5.74) is 8.43. The summed E-state index contributed by atoms with van der Waals surface area (Å²) >= 11 is 0. The number of aryl methyl sites for hydroxylation is 1. The zero-order chi connectivity index (χ0) is 17.6. The maximum Gasteiger partial charge on any atom is 0.323 e. The average molecular weight is 344 g/mol. The van der Waals surface area contributed by atoms with E-state index in [1.54, 1.807) is 0 Å². The van der Waals surface area contributed by atoms with Crippen LogP contribution in [0.1, 0.15) is 50.5 Å². The summed E-state index contributed by atoms with van der Waals surface area (Å²) in [4.78, 5) is 29.0. The van der Waals surface area contributed by atoms with Gasteiger partial charge in [-0.3, -0.25) is 4.79 Å². The molecule has 1 aromatic carbocycles. The largest absolute Gasteiger partial charge is 0.352 e. The Morgan fingerprint density at radius 2 is 1.96 bits per heavy atom. The van der Waals surface area contributed by atoms with Gasteiger partial charge in [-0.15, -0.1) is 0 Å². The number of carbonyl (C=O) groups is 1. The highest BCUT2D eigenvalue weighted by Gasteiger charge is 2.23. The lowest BCUT2D eigenvalue weighted by Crippen LogP contribution is -2.45. The van der Waals surface area contributed by atoms with E-state index in [-0.39, 0.29) is 17.6 Å². The summed E-state index contributed by atoms with van der Waals surface area (Å²) in [6, 6.07) is 5.98. The van der Waals surface area contributed by atoms with Crippen LogP contribution in [0.3, 0.4) is 0 Å². The van der Waals surface area contributed by atoms with Crippen LogP contribution < -0.4 is 16.7 Å². The molecule has 0 aliphatic heterocycles. The Hall–Kier alpha value is -2.08. The Kier molecular flexibility index (Phi) is 5.91. The van der Waals surface area contributed by atoms with Gasteiger partial charge >= 0.3 is 5.69 Å². The second kappa shape index (κ2) is 8.34. The van der Waals surface area contributed by atoms with Crippen LogP contribution in [0.2, 0.25) is 0 Å². The minimum absolute atomic E-state index is 0.0946. The smallest absolute Gasteiger partial charge is 0.323 e. The van der Waals surface area contributed by atoms with Crippen LogP contribution in [0, 0.1) is 5.92 Å². The molecule has 3 rings (SSSR count). The zero-order valence-electron chi connectivity index (χ0n) is 14.6. The molecule has 6 heteroatoms. The normalized spacial score (nSPS) is 16.8. The number of nitrogens with two attached hydrogens (primary N) is 1. The number of imidazole rings is 1. The molecule has 1 atom stereocenters. The van der Waals surface area contributed by atoms with E-state index in [0.717, 1.165) is 29.4 Å². The van der Waals surface area contributed by atoms with Gasteiger partial charge in [0.25, 0.3) is 0 Å². The molecule has 136 valence electrons. The Morgan fingerprint density at radius 1 is 1.20 bits per heavy atom. The fraction of sp³-hybridized carbons (Fsp3) is 0.579.